The van der Waals surface area contributed by atoms with Crippen molar-refractivity contribution in [3.63, 3.8) is 0 Å². The number of nitrogens with zero attached hydrogens (tertiary/aromatic N) is 2. The van der Waals surface area contributed by atoms with Gasteiger partial charge in [0.25, 0.3) is 0 Å². The van der Waals surface area contributed by atoms with Crippen molar-refractivity contribution in [3.05, 3.63) is 36.7 Å². The minimum atomic E-state index is -0.229. The smallest absolute Gasteiger partial charge is 0.311 e. The van der Waals surface area contributed by atoms with E-state index in [4.69, 9.17) is 9.47 Å². The summed E-state index contributed by atoms with van der Waals surface area (Å²) in [6.45, 7) is 7.37. The largest absolute Gasteiger partial charge is 0.494 e. The number of carbonyl (C=O) groups excluding carboxylic acids is 1. The summed E-state index contributed by atoms with van der Waals surface area (Å²) in [5.41, 5.74) is 0.904. The highest BCUT2D eigenvalue weighted by atomic mass is 16.5. The predicted molar refractivity (Wildman–Crippen MR) is 135 cm³/mol. The van der Waals surface area contributed by atoms with Crippen molar-refractivity contribution in [2.75, 3.05) is 6.61 Å². The van der Waals surface area contributed by atoms with Gasteiger partial charge in [-0.3, -0.25) is 4.79 Å². The Morgan fingerprint density at radius 1 is 0.848 bits per heavy atom. The lowest BCUT2D eigenvalue weighted by Gasteiger charge is -2.08. The molecule has 0 spiro atoms. The Kier molecular flexibility index (Phi) is 13.2. The normalized spacial score (nSPS) is 11.8. The SMILES string of the molecule is CCCCCCCCCCOc1ccc(-c2ncc(OC(=O)CCCC(C)CC)cn2)cc1. The number of unbranched alkanes of at least 4 members (excludes halogenated alkanes) is 7. The summed E-state index contributed by atoms with van der Waals surface area (Å²) < 4.78 is 11.2. The van der Waals surface area contributed by atoms with E-state index in [-0.39, 0.29) is 5.97 Å². The lowest BCUT2D eigenvalue weighted by Crippen LogP contribution is -2.09. The molecule has 0 N–H and O–H groups in total. The van der Waals surface area contributed by atoms with E-state index in [1.54, 1.807) is 12.4 Å². The van der Waals surface area contributed by atoms with Crippen LogP contribution in [0, 0.1) is 5.92 Å². The van der Waals surface area contributed by atoms with Gasteiger partial charge in [-0.05, 0) is 43.0 Å². The lowest BCUT2D eigenvalue weighted by atomic mass is 10.0. The molecular weight excluding hydrogens is 412 g/mol. The number of benzene rings is 1. The topological polar surface area (TPSA) is 61.3 Å². The fourth-order valence-corrected chi connectivity index (χ4v) is 3.63. The maximum Gasteiger partial charge on any atom is 0.311 e. The predicted octanol–water partition coefficient (Wildman–Crippen LogP) is 7.78. The van der Waals surface area contributed by atoms with Gasteiger partial charge < -0.3 is 9.47 Å². The van der Waals surface area contributed by atoms with Gasteiger partial charge in [0.05, 0.1) is 19.0 Å². The van der Waals surface area contributed by atoms with Crippen molar-refractivity contribution in [1.82, 2.24) is 9.97 Å². The van der Waals surface area contributed by atoms with Gasteiger partial charge in [-0.2, -0.15) is 0 Å². The molecule has 0 radical (unpaired) electrons. The first kappa shape index (κ1) is 26.8. The van der Waals surface area contributed by atoms with E-state index in [9.17, 15) is 4.79 Å². The number of carbonyl (C=O) groups is 1. The molecule has 5 nitrogen and oxygen atoms in total. The highest BCUT2D eigenvalue weighted by Gasteiger charge is 2.08. The second-order valence-corrected chi connectivity index (χ2v) is 8.97. The molecule has 0 aliphatic carbocycles. The molecule has 1 unspecified atom stereocenters. The minimum absolute atomic E-state index is 0.229. The van der Waals surface area contributed by atoms with Crippen LogP contribution in [0.5, 0.6) is 11.5 Å². The van der Waals surface area contributed by atoms with E-state index >= 15 is 0 Å². The Balaban J connectivity index is 1.67. The Morgan fingerprint density at radius 2 is 1.48 bits per heavy atom. The lowest BCUT2D eigenvalue weighted by molar-refractivity contribution is -0.134. The second kappa shape index (κ2) is 16.2. The van der Waals surface area contributed by atoms with Gasteiger partial charge in [0.2, 0.25) is 0 Å². The number of ether oxygens (including phenoxy) is 2. The molecule has 5 heteroatoms. The van der Waals surface area contributed by atoms with Crippen molar-refractivity contribution in [1.29, 1.82) is 0 Å². The van der Waals surface area contributed by atoms with E-state index < -0.39 is 0 Å². The first-order valence-corrected chi connectivity index (χ1v) is 12.9. The number of rotatable bonds is 17. The third-order valence-electron chi connectivity index (χ3n) is 6.01. The Labute approximate surface area is 200 Å². The van der Waals surface area contributed by atoms with E-state index in [0.29, 0.717) is 23.9 Å². The fraction of sp³-hybridized carbons (Fsp3) is 0.607. The molecule has 0 bridgehead atoms. The molecular formula is C28H42N2O3. The summed E-state index contributed by atoms with van der Waals surface area (Å²) in [5.74, 6) is 2.26. The maximum atomic E-state index is 12.0. The van der Waals surface area contributed by atoms with Crippen LogP contribution in [0.2, 0.25) is 0 Å². The van der Waals surface area contributed by atoms with Crippen molar-refractivity contribution in [3.8, 4) is 22.9 Å². The number of aromatic nitrogens is 2. The molecule has 2 rings (SSSR count). The van der Waals surface area contributed by atoms with Crippen LogP contribution in [0.1, 0.15) is 97.8 Å². The van der Waals surface area contributed by atoms with Crippen molar-refractivity contribution < 1.29 is 14.3 Å². The van der Waals surface area contributed by atoms with Gasteiger partial charge >= 0.3 is 5.97 Å². The molecule has 0 fully saturated rings. The molecule has 2 aromatic rings. The zero-order valence-electron chi connectivity index (χ0n) is 20.9. The van der Waals surface area contributed by atoms with Crippen LogP contribution in [0.3, 0.4) is 0 Å². The van der Waals surface area contributed by atoms with Crippen molar-refractivity contribution >= 4 is 5.97 Å². The van der Waals surface area contributed by atoms with Gasteiger partial charge in [-0.25, -0.2) is 9.97 Å². The van der Waals surface area contributed by atoms with Crippen LogP contribution < -0.4 is 9.47 Å². The third kappa shape index (κ3) is 11.3. The summed E-state index contributed by atoms with van der Waals surface area (Å²) in [4.78, 5) is 20.7. The number of esters is 1. The van der Waals surface area contributed by atoms with E-state index in [0.717, 1.165) is 43.6 Å². The average molecular weight is 455 g/mol. The van der Waals surface area contributed by atoms with Crippen LogP contribution in [0.15, 0.2) is 36.7 Å². The van der Waals surface area contributed by atoms with E-state index in [2.05, 4.69) is 30.7 Å². The van der Waals surface area contributed by atoms with Crippen LogP contribution >= 0.6 is 0 Å². The van der Waals surface area contributed by atoms with Crippen LogP contribution in [0.25, 0.3) is 11.4 Å². The summed E-state index contributed by atoms with van der Waals surface area (Å²) in [7, 11) is 0. The van der Waals surface area contributed by atoms with Gasteiger partial charge in [0.15, 0.2) is 11.6 Å². The molecule has 0 amide bonds. The molecule has 0 aliphatic rings. The highest BCUT2D eigenvalue weighted by molar-refractivity contribution is 5.72. The third-order valence-corrected chi connectivity index (χ3v) is 6.01. The highest BCUT2D eigenvalue weighted by Crippen LogP contribution is 2.21. The van der Waals surface area contributed by atoms with E-state index in [1.165, 1.54) is 44.9 Å². The number of hydrogen-bond acceptors (Lipinski definition) is 5. The molecule has 1 aromatic carbocycles. The summed E-state index contributed by atoms with van der Waals surface area (Å²) in [5, 5.41) is 0. The van der Waals surface area contributed by atoms with Crippen LogP contribution in [-0.2, 0) is 4.79 Å². The molecule has 1 heterocycles. The molecule has 0 saturated heterocycles. The Hall–Kier alpha value is -2.43. The van der Waals surface area contributed by atoms with Gasteiger partial charge in [0, 0.05) is 12.0 Å². The van der Waals surface area contributed by atoms with E-state index in [1.807, 2.05) is 24.3 Å². The summed E-state index contributed by atoms with van der Waals surface area (Å²) in [6.07, 6.45) is 16.9. The molecule has 1 aromatic heterocycles. The average Bonchev–Trinajstić information content (AvgIpc) is 2.84. The van der Waals surface area contributed by atoms with Gasteiger partial charge in [-0.15, -0.1) is 0 Å². The monoisotopic (exact) mass is 454 g/mol. The zero-order valence-corrected chi connectivity index (χ0v) is 20.9. The first-order valence-electron chi connectivity index (χ1n) is 12.9. The first-order chi connectivity index (χ1) is 16.1. The molecule has 182 valence electrons. The fourth-order valence-electron chi connectivity index (χ4n) is 3.63. The van der Waals surface area contributed by atoms with Crippen molar-refractivity contribution in [2.24, 2.45) is 5.92 Å². The Bertz CT molecular complexity index is 775. The minimum Gasteiger partial charge on any atom is -0.494 e. The zero-order chi connectivity index (χ0) is 23.7. The molecule has 33 heavy (non-hydrogen) atoms. The van der Waals surface area contributed by atoms with Gasteiger partial charge in [-0.1, -0.05) is 78.6 Å². The summed E-state index contributed by atoms with van der Waals surface area (Å²) >= 11 is 0. The molecule has 0 saturated carbocycles. The quantitative estimate of drug-likeness (QED) is 0.180. The molecule has 0 aliphatic heterocycles. The van der Waals surface area contributed by atoms with Gasteiger partial charge in [0.1, 0.15) is 5.75 Å². The number of hydrogen-bond donors (Lipinski definition) is 0. The standard InChI is InChI=1S/C28H42N2O3/c1-4-6-7-8-9-10-11-12-20-32-25-18-16-24(17-19-25)28-29-21-26(22-30-28)33-27(31)15-13-14-23(3)5-2/h16-19,21-23H,4-15,20H2,1-3H3. The molecule has 1 atom stereocenters. The summed E-state index contributed by atoms with van der Waals surface area (Å²) in [6, 6.07) is 7.82. The van der Waals surface area contributed by atoms with Crippen molar-refractivity contribution in [2.45, 2.75) is 97.8 Å². The van der Waals surface area contributed by atoms with Crippen LogP contribution in [-0.4, -0.2) is 22.5 Å². The Morgan fingerprint density at radius 3 is 2.12 bits per heavy atom. The van der Waals surface area contributed by atoms with Crippen LogP contribution in [0.4, 0.5) is 0 Å². The maximum absolute atomic E-state index is 12.0. The second-order valence-electron chi connectivity index (χ2n) is 8.97.